The molecular formula is C23H34N6O8. The summed E-state index contributed by atoms with van der Waals surface area (Å²) < 4.78 is 0. The van der Waals surface area contributed by atoms with Crippen molar-refractivity contribution in [1.82, 2.24) is 16.0 Å². The zero-order chi connectivity index (χ0) is 28.3. The maximum Gasteiger partial charge on any atom is 0.326 e. The van der Waals surface area contributed by atoms with Crippen LogP contribution in [0.25, 0.3) is 0 Å². The van der Waals surface area contributed by atoms with Crippen LogP contribution in [-0.2, 0) is 35.2 Å². The van der Waals surface area contributed by atoms with E-state index in [1.165, 1.54) is 24.3 Å². The van der Waals surface area contributed by atoms with Gasteiger partial charge in [0.05, 0.1) is 18.9 Å². The smallest absolute Gasteiger partial charge is 0.326 e. The number of phenolic OH excluding ortho intramolecular Hbond substituents is 1. The molecule has 1 aromatic carbocycles. The van der Waals surface area contributed by atoms with Crippen LogP contribution in [0.3, 0.4) is 0 Å². The summed E-state index contributed by atoms with van der Waals surface area (Å²) in [6.07, 6.45) is -0.900. The lowest BCUT2D eigenvalue weighted by molar-refractivity contribution is -0.143. The highest BCUT2D eigenvalue weighted by Crippen LogP contribution is 2.12. The Bertz CT molecular complexity index is 999. The molecule has 37 heavy (non-hydrogen) atoms. The van der Waals surface area contributed by atoms with Crippen molar-refractivity contribution in [3.63, 3.8) is 0 Å². The van der Waals surface area contributed by atoms with Crippen molar-refractivity contribution < 1.29 is 39.0 Å². The number of carbonyl (C=O) groups excluding carboxylic acids is 5. The van der Waals surface area contributed by atoms with E-state index in [1.807, 2.05) is 6.92 Å². The molecule has 14 heteroatoms. The average Bonchev–Trinajstić information content (AvgIpc) is 2.82. The third-order valence-electron chi connectivity index (χ3n) is 5.63. The van der Waals surface area contributed by atoms with E-state index in [9.17, 15) is 39.0 Å². The zero-order valence-electron chi connectivity index (χ0n) is 20.6. The summed E-state index contributed by atoms with van der Waals surface area (Å²) in [6.45, 7) is 3.55. The minimum absolute atomic E-state index is 0.0527. The van der Waals surface area contributed by atoms with Gasteiger partial charge in [0, 0.05) is 6.42 Å². The van der Waals surface area contributed by atoms with Gasteiger partial charge in [-0.25, -0.2) is 4.79 Å². The van der Waals surface area contributed by atoms with Crippen molar-refractivity contribution in [3.05, 3.63) is 29.8 Å². The van der Waals surface area contributed by atoms with Crippen LogP contribution < -0.4 is 33.2 Å². The molecule has 0 aliphatic carbocycles. The molecule has 204 valence electrons. The van der Waals surface area contributed by atoms with Crippen molar-refractivity contribution in [3.8, 4) is 5.75 Å². The molecule has 1 rings (SSSR count). The van der Waals surface area contributed by atoms with Crippen LogP contribution in [0.15, 0.2) is 24.3 Å². The quantitative estimate of drug-likeness (QED) is 0.122. The molecule has 5 atom stereocenters. The second-order valence-corrected chi connectivity index (χ2v) is 8.64. The number of nitrogens with one attached hydrogen (secondary N) is 3. The molecule has 0 heterocycles. The number of hydrogen-bond acceptors (Lipinski definition) is 8. The number of benzene rings is 1. The number of carbonyl (C=O) groups is 6. The Morgan fingerprint density at radius 1 is 0.811 bits per heavy atom. The number of hydrogen-bond donors (Lipinski definition) is 8. The fourth-order valence-corrected chi connectivity index (χ4v) is 3.21. The third kappa shape index (κ3) is 10.5. The minimum Gasteiger partial charge on any atom is -0.508 e. The molecule has 0 aliphatic rings. The summed E-state index contributed by atoms with van der Waals surface area (Å²) in [5, 5.41) is 25.7. The van der Waals surface area contributed by atoms with Crippen molar-refractivity contribution >= 4 is 35.5 Å². The van der Waals surface area contributed by atoms with E-state index in [1.54, 1.807) is 6.92 Å². The molecule has 0 radical (unpaired) electrons. The first kappa shape index (κ1) is 30.8. The first-order valence-electron chi connectivity index (χ1n) is 11.5. The number of nitrogens with two attached hydrogens (primary N) is 3. The molecule has 14 nitrogen and oxygen atoms in total. The van der Waals surface area contributed by atoms with Gasteiger partial charge in [0.25, 0.3) is 0 Å². The molecular weight excluding hydrogens is 488 g/mol. The molecule has 0 saturated heterocycles. The Labute approximate surface area is 213 Å². The summed E-state index contributed by atoms with van der Waals surface area (Å²) >= 11 is 0. The van der Waals surface area contributed by atoms with Crippen LogP contribution in [0, 0.1) is 5.92 Å². The minimum atomic E-state index is -1.67. The normalized spacial score (nSPS) is 14.8. The number of carboxylic acids is 1. The van der Waals surface area contributed by atoms with Crippen molar-refractivity contribution in [2.75, 3.05) is 0 Å². The van der Waals surface area contributed by atoms with Crippen LogP contribution in [0.1, 0.15) is 38.7 Å². The predicted molar refractivity (Wildman–Crippen MR) is 130 cm³/mol. The monoisotopic (exact) mass is 522 g/mol. The van der Waals surface area contributed by atoms with Gasteiger partial charge in [-0.05, 0) is 23.6 Å². The zero-order valence-corrected chi connectivity index (χ0v) is 20.6. The number of phenols is 1. The Morgan fingerprint density at radius 2 is 1.27 bits per heavy atom. The van der Waals surface area contributed by atoms with Crippen LogP contribution >= 0.6 is 0 Å². The van der Waals surface area contributed by atoms with Gasteiger partial charge in [-0.2, -0.15) is 0 Å². The van der Waals surface area contributed by atoms with Crippen LogP contribution in [-0.4, -0.2) is 69.9 Å². The van der Waals surface area contributed by atoms with Crippen LogP contribution in [0.5, 0.6) is 5.75 Å². The maximum absolute atomic E-state index is 13.0. The van der Waals surface area contributed by atoms with E-state index in [0.717, 1.165) is 0 Å². The highest BCUT2D eigenvalue weighted by Gasteiger charge is 2.32. The van der Waals surface area contributed by atoms with Gasteiger partial charge in [0.2, 0.25) is 29.5 Å². The van der Waals surface area contributed by atoms with Crippen molar-refractivity contribution in [2.45, 2.75) is 63.7 Å². The molecule has 0 aromatic heterocycles. The van der Waals surface area contributed by atoms with E-state index in [0.29, 0.717) is 12.0 Å². The number of rotatable bonds is 15. The Balaban J connectivity index is 3.20. The lowest BCUT2D eigenvalue weighted by Crippen LogP contribution is -2.58. The number of aliphatic carboxylic acids is 1. The van der Waals surface area contributed by atoms with Gasteiger partial charge < -0.3 is 43.4 Å². The molecule has 0 spiro atoms. The first-order chi connectivity index (χ1) is 17.2. The summed E-state index contributed by atoms with van der Waals surface area (Å²) in [4.78, 5) is 72.8. The van der Waals surface area contributed by atoms with E-state index in [2.05, 4.69) is 16.0 Å². The summed E-state index contributed by atoms with van der Waals surface area (Å²) in [7, 11) is 0. The molecule has 1 aromatic rings. The third-order valence-corrected chi connectivity index (χ3v) is 5.63. The second-order valence-electron chi connectivity index (χ2n) is 8.64. The Morgan fingerprint density at radius 3 is 1.76 bits per heavy atom. The molecule has 0 bridgehead atoms. The van der Waals surface area contributed by atoms with Crippen LogP contribution in [0.4, 0.5) is 0 Å². The molecule has 11 N–H and O–H groups in total. The molecule has 0 fully saturated rings. The number of carboxylic acid groups (broad SMARTS) is 1. The summed E-state index contributed by atoms with van der Waals surface area (Å²) in [6, 6.07) is 0.0743. The topological polar surface area (TPSA) is 257 Å². The van der Waals surface area contributed by atoms with Gasteiger partial charge in [0.1, 0.15) is 23.9 Å². The largest absolute Gasteiger partial charge is 0.508 e. The van der Waals surface area contributed by atoms with E-state index in [-0.39, 0.29) is 18.1 Å². The van der Waals surface area contributed by atoms with Gasteiger partial charge in [0.15, 0.2) is 0 Å². The second kappa shape index (κ2) is 14.4. The molecule has 0 aliphatic heterocycles. The maximum atomic E-state index is 13.0. The van der Waals surface area contributed by atoms with Crippen LogP contribution in [0.2, 0.25) is 0 Å². The summed E-state index contributed by atoms with van der Waals surface area (Å²) in [5.74, 6) is -6.34. The predicted octanol–water partition coefficient (Wildman–Crippen LogP) is -2.40. The Kier molecular flexibility index (Phi) is 12.0. The summed E-state index contributed by atoms with van der Waals surface area (Å²) in [5.41, 5.74) is 16.6. The Hall–Kier alpha value is -4.20. The van der Waals surface area contributed by atoms with Crippen molar-refractivity contribution in [1.29, 1.82) is 0 Å². The fourth-order valence-electron chi connectivity index (χ4n) is 3.21. The molecule has 5 unspecified atom stereocenters. The van der Waals surface area contributed by atoms with E-state index in [4.69, 9.17) is 17.2 Å². The van der Waals surface area contributed by atoms with Gasteiger partial charge in [-0.15, -0.1) is 0 Å². The first-order valence-corrected chi connectivity index (χ1v) is 11.5. The lowest BCUT2D eigenvalue weighted by atomic mass is 9.98. The van der Waals surface area contributed by atoms with E-state index >= 15 is 0 Å². The number of amides is 5. The van der Waals surface area contributed by atoms with Crippen molar-refractivity contribution in [2.24, 2.45) is 23.1 Å². The standard InChI is InChI=1S/C23H34N6O8/c1-3-11(2)19(26)22(35)28-15(9-17(24)31)21(34)27-14(8-12-4-6-13(30)7-5-12)20(33)29-16(23(36)37)10-18(25)32/h4-7,11,14-16,19,30H,3,8-10,26H2,1-2H3,(H2,24,31)(H2,25,32)(H,27,34)(H,28,35)(H,29,33)(H,36,37). The van der Waals surface area contributed by atoms with Gasteiger partial charge >= 0.3 is 5.97 Å². The highest BCUT2D eigenvalue weighted by molar-refractivity contribution is 5.96. The molecule has 0 saturated carbocycles. The number of primary amides is 2. The highest BCUT2D eigenvalue weighted by atomic mass is 16.4. The average molecular weight is 523 g/mol. The number of aromatic hydroxyl groups is 1. The lowest BCUT2D eigenvalue weighted by Gasteiger charge is -2.25. The van der Waals surface area contributed by atoms with Gasteiger partial charge in [-0.1, -0.05) is 32.4 Å². The SMILES string of the molecule is CCC(C)C(N)C(=O)NC(CC(N)=O)C(=O)NC(Cc1ccc(O)cc1)C(=O)NC(CC(N)=O)C(=O)O. The fraction of sp³-hybridized carbons (Fsp3) is 0.478. The van der Waals surface area contributed by atoms with E-state index < -0.39 is 72.5 Å². The van der Waals surface area contributed by atoms with Gasteiger partial charge in [-0.3, -0.25) is 24.0 Å². The molecule has 5 amide bonds.